The Morgan fingerprint density at radius 1 is 1.19 bits per heavy atom. The van der Waals surface area contributed by atoms with Crippen LogP contribution in [0.2, 0.25) is 0 Å². The topological polar surface area (TPSA) is 75.5 Å². The zero-order chi connectivity index (χ0) is 19.8. The van der Waals surface area contributed by atoms with E-state index in [2.05, 4.69) is 27.8 Å². The Morgan fingerprint density at radius 2 is 1.85 bits per heavy atom. The van der Waals surface area contributed by atoms with Gasteiger partial charge in [0, 0.05) is 47.6 Å². The molecule has 0 N–H and O–H groups in total. The molecule has 1 saturated heterocycles. The highest BCUT2D eigenvalue weighted by molar-refractivity contribution is 14.1. The van der Waals surface area contributed by atoms with Crippen molar-refractivity contribution in [3.63, 3.8) is 0 Å². The molecule has 146 valence electrons. The molecule has 0 saturated carbocycles. The quantitative estimate of drug-likeness (QED) is 0.255. The summed E-state index contributed by atoms with van der Waals surface area (Å²) in [4.78, 5) is 17.6. The summed E-state index contributed by atoms with van der Waals surface area (Å²) in [6.45, 7) is 4.04. The molecule has 1 fully saturated rings. The van der Waals surface area contributed by atoms with E-state index in [1.54, 1.807) is 27.8 Å². The SMILES string of the molecule is Cc1c(F)c2c3c(nc(=O)n(I)c3c1F)N1C(C)CN(I)CC1CS2(=O)=O. The van der Waals surface area contributed by atoms with Crippen LogP contribution in [0.1, 0.15) is 12.5 Å². The second-order valence-electron chi connectivity index (χ2n) is 6.82. The summed E-state index contributed by atoms with van der Waals surface area (Å²) in [7, 11) is -4.07. The molecule has 2 atom stereocenters. The zero-order valence-corrected chi connectivity index (χ0v) is 19.3. The van der Waals surface area contributed by atoms with E-state index in [9.17, 15) is 22.0 Å². The maximum Gasteiger partial charge on any atom is 0.359 e. The summed E-state index contributed by atoms with van der Waals surface area (Å²) in [6.07, 6.45) is 0. The van der Waals surface area contributed by atoms with Gasteiger partial charge in [-0.15, -0.1) is 0 Å². The number of hydrogen-bond donors (Lipinski definition) is 0. The first-order valence-corrected chi connectivity index (χ1v) is 11.6. The van der Waals surface area contributed by atoms with Crippen molar-refractivity contribution in [2.24, 2.45) is 0 Å². The largest absolute Gasteiger partial charge is 0.359 e. The monoisotopic (exact) mass is 622 g/mol. The summed E-state index contributed by atoms with van der Waals surface area (Å²) >= 11 is 3.68. The molecular weight excluding hydrogens is 608 g/mol. The second kappa shape index (κ2) is 6.45. The standard InChI is InChI=1S/C15H14F2I2N4O3S/c1-6-3-21(18)4-8-5-27(25,26)13-9-12(10(16)7(2)11(13)17)23(19)15(24)20-14(9)22(6)8/h6,8H,3-5H2,1-2H3. The van der Waals surface area contributed by atoms with Crippen molar-refractivity contribution in [1.82, 2.24) is 10.9 Å². The van der Waals surface area contributed by atoms with E-state index in [4.69, 9.17) is 0 Å². The van der Waals surface area contributed by atoms with Gasteiger partial charge in [-0.1, -0.05) is 0 Å². The minimum absolute atomic E-state index is 0.0405. The van der Waals surface area contributed by atoms with Crippen molar-refractivity contribution in [3.8, 4) is 0 Å². The highest BCUT2D eigenvalue weighted by atomic mass is 127. The number of aromatic nitrogens is 2. The summed E-state index contributed by atoms with van der Waals surface area (Å²) in [6, 6.07) is -0.708. The number of benzene rings is 1. The Bertz CT molecular complexity index is 1150. The summed E-state index contributed by atoms with van der Waals surface area (Å²) in [5.74, 6) is -2.36. The number of hydrogen-bond acceptors (Lipinski definition) is 6. The van der Waals surface area contributed by atoms with Gasteiger partial charge in [-0.3, -0.25) is 0 Å². The van der Waals surface area contributed by atoms with Crippen LogP contribution in [0.4, 0.5) is 14.6 Å². The van der Waals surface area contributed by atoms with Crippen LogP contribution >= 0.6 is 45.7 Å². The molecule has 2 aliphatic rings. The number of nitrogens with zero attached hydrogens (tertiary/aromatic N) is 4. The van der Waals surface area contributed by atoms with Gasteiger partial charge in [0.2, 0.25) is 0 Å². The number of rotatable bonds is 0. The minimum Gasteiger partial charge on any atom is -0.346 e. The lowest BCUT2D eigenvalue weighted by Gasteiger charge is -2.43. The van der Waals surface area contributed by atoms with Gasteiger partial charge in [-0.05, 0) is 13.8 Å². The number of anilines is 1. The lowest BCUT2D eigenvalue weighted by molar-refractivity contribution is 0.345. The van der Waals surface area contributed by atoms with Crippen molar-refractivity contribution in [2.45, 2.75) is 30.8 Å². The van der Waals surface area contributed by atoms with Crippen LogP contribution < -0.4 is 10.6 Å². The first kappa shape index (κ1) is 19.7. The fourth-order valence-electron chi connectivity index (χ4n) is 3.91. The predicted molar refractivity (Wildman–Crippen MR) is 113 cm³/mol. The van der Waals surface area contributed by atoms with Crippen molar-refractivity contribution >= 4 is 72.3 Å². The molecule has 27 heavy (non-hydrogen) atoms. The fraction of sp³-hybridized carbons (Fsp3) is 0.467. The zero-order valence-electron chi connectivity index (χ0n) is 14.2. The third-order valence-corrected chi connectivity index (χ3v) is 8.54. The van der Waals surface area contributed by atoms with Gasteiger partial charge in [-0.25, -0.2) is 27.9 Å². The molecule has 0 spiro atoms. The highest BCUT2D eigenvalue weighted by Gasteiger charge is 2.43. The first-order chi connectivity index (χ1) is 12.5. The maximum atomic E-state index is 15.0. The van der Waals surface area contributed by atoms with Gasteiger partial charge in [0.25, 0.3) is 0 Å². The van der Waals surface area contributed by atoms with Crippen LogP contribution in [-0.4, -0.2) is 50.2 Å². The molecule has 1 aromatic heterocycles. The van der Waals surface area contributed by atoms with Gasteiger partial charge in [0.05, 0.1) is 40.0 Å². The molecule has 0 radical (unpaired) electrons. The van der Waals surface area contributed by atoms with Crippen LogP contribution in [0.3, 0.4) is 0 Å². The third-order valence-electron chi connectivity index (χ3n) is 5.03. The molecule has 4 rings (SSSR count). The number of piperazine rings is 1. The molecule has 2 unspecified atom stereocenters. The number of sulfone groups is 1. The molecule has 0 bridgehead atoms. The van der Waals surface area contributed by atoms with E-state index in [-0.39, 0.29) is 28.5 Å². The van der Waals surface area contributed by atoms with Crippen molar-refractivity contribution in [2.75, 3.05) is 23.7 Å². The van der Waals surface area contributed by atoms with Gasteiger partial charge < -0.3 is 4.90 Å². The Labute approximate surface area is 181 Å². The Balaban J connectivity index is 2.25. The van der Waals surface area contributed by atoms with Crippen molar-refractivity contribution in [1.29, 1.82) is 0 Å². The van der Waals surface area contributed by atoms with Crippen LogP contribution in [0.5, 0.6) is 0 Å². The molecule has 1 aromatic carbocycles. The first-order valence-electron chi connectivity index (χ1n) is 8.07. The number of fused-ring (bicyclic) bond motifs is 2. The van der Waals surface area contributed by atoms with Crippen LogP contribution in [0.15, 0.2) is 9.69 Å². The van der Waals surface area contributed by atoms with Gasteiger partial charge >= 0.3 is 5.69 Å². The molecule has 0 amide bonds. The van der Waals surface area contributed by atoms with E-state index in [1.807, 2.05) is 10.0 Å². The minimum atomic E-state index is -4.07. The predicted octanol–water partition coefficient (Wildman–Crippen LogP) is 2.20. The van der Waals surface area contributed by atoms with Gasteiger partial charge in [0.15, 0.2) is 15.7 Å². The van der Waals surface area contributed by atoms with E-state index in [0.717, 1.165) is 2.78 Å². The average Bonchev–Trinajstić information content (AvgIpc) is 2.64. The smallest absolute Gasteiger partial charge is 0.346 e. The summed E-state index contributed by atoms with van der Waals surface area (Å²) < 4.78 is 59.0. The molecule has 12 heteroatoms. The van der Waals surface area contributed by atoms with Crippen LogP contribution in [-0.2, 0) is 9.84 Å². The molecule has 7 nitrogen and oxygen atoms in total. The Morgan fingerprint density at radius 3 is 2.52 bits per heavy atom. The molecule has 0 aliphatic carbocycles. The lowest BCUT2D eigenvalue weighted by Crippen LogP contribution is -2.57. The Hall–Kier alpha value is -0.610. The maximum absolute atomic E-state index is 15.0. The third kappa shape index (κ3) is 2.80. The van der Waals surface area contributed by atoms with Crippen LogP contribution in [0, 0.1) is 18.6 Å². The normalized spacial score (nSPS) is 24.7. The molecule has 2 aromatic rings. The summed E-state index contributed by atoms with van der Waals surface area (Å²) in [5.41, 5.74) is -1.39. The average molecular weight is 622 g/mol. The molecule has 2 aliphatic heterocycles. The fourth-order valence-corrected chi connectivity index (χ4v) is 7.35. The second-order valence-corrected chi connectivity index (χ2v) is 11.1. The van der Waals surface area contributed by atoms with Crippen LogP contribution in [0.25, 0.3) is 10.9 Å². The van der Waals surface area contributed by atoms with Crippen molar-refractivity contribution in [3.05, 3.63) is 27.7 Å². The van der Waals surface area contributed by atoms with Gasteiger partial charge in [-0.2, -0.15) is 4.98 Å². The lowest BCUT2D eigenvalue weighted by atomic mass is 10.1. The highest BCUT2D eigenvalue weighted by Crippen LogP contribution is 2.41. The van der Waals surface area contributed by atoms with E-state index in [0.29, 0.717) is 13.1 Å². The van der Waals surface area contributed by atoms with Crippen molar-refractivity contribution < 1.29 is 17.2 Å². The Kier molecular flexibility index (Phi) is 4.71. The molecular formula is C15H14F2I2N4O3S. The number of halogens is 4. The van der Waals surface area contributed by atoms with E-state index in [1.165, 1.54) is 6.92 Å². The van der Waals surface area contributed by atoms with E-state index >= 15 is 0 Å². The molecule has 3 heterocycles. The van der Waals surface area contributed by atoms with E-state index < -0.39 is 43.7 Å². The summed E-state index contributed by atoms with van der Waals surface area (Å²) in [5, 5.41) is -0.152. The van der Waals surface area contributed by atoms with Gasteiger partial charge in [0.1, 0.15) is 22.0 Å².